The molecule has 1 aromatic carbocycles. The number of benzene rings is 1. The van der Waals surface area contributed by atoms with E-state index in [1.165, 1.54) is 0 Å². The fourth-order valence-corrected chi connectivity index (χ4v) is 3.26. The summed E-state index contributed by atoms with van der Waals surface area (Å²) in [5.74, 6) is 0.625. The summed E-state index contributed by atoms with van der Waals surface area (Å²) < 4.78 is 0. The molecule has 0 amide bonds. The van der Waals surface area contributed by atoms with Gasteiger partial charge in [0.15, 0.2) is 5.82 Å². The molecule has 0 bridgehead atoms. The molecule has 4 nitrogen and oxygen atoms in total. The first-order valence-electron chi connectivity index (χ1n) is 7.36. The summed E-state index contributed by atoms with van der Waals surface area (Å²) in [4.78, 5) is 0. The van der Waals surface area contributed by atoms with Crippen molar-refractivity contribution in [1.29, 1.82) is 5.26 Å². The first kappa shape index (κ1) is 14.7. The smallest absolute Gasteiger partial charge is 0.156 e. The third kappa shape index (κ3) is 2.28. The van der Waals surface area contributed by atoms with E-state index in [4.69, 9.17) is 11.6 Å². The lowest BCUT2D eigenvalue weighted by molar-refractivity contribution is 0.846. The maximum Gasteiger partial charge on any atom is 0.156 e. The molecule has 1 aliphatic rings. The van der Waals surface area contributed by atoms with Gasteiger partial charge in [0.2, 0.25) is 0 Å². The van der Waals surface area contributed by atoms with Crippen molar-refractivity contribution in [2.45, 2.75) is 32.6 Å². The Balaban J connectivity index is 2.25. The number of nitriles is 1. The number of rotatable bonds is 3. The summed E-state index contributed by atoms with van der Waals surface area (Å²) in [6, 6.07) is 10.1. The van der Waals surface area contributed by atoms with Crippen LogP contribution < -0.4 is 5.32 Å². The lowest BCUT2D eigenvalue weighted by Gasteiger charge is -2.27. The number of allylic oxidation sites excluding steroid dienone is 2. The van der Waals surface area contributed by atoms with Crippen LogP contribution >= 0.6 is 11.6 Å². The van der Waals surface area contributed by atoms with E-state index in [0.717, 1.165) is 46.8 Å². The summed E-state index contributed by atoms with van der Waals surface area (Å²) >= 11 is 6.41. The molecule has 2 heterocycles. The molecule has 0 fully saturated rings. The number of hydrogen-bond acceptors (Lipinski definition) is 3. The van der Waals surface area contributed by atoms with Crippen molar-refractivity contribution in [2.75, 3.05) is 5.32 Å². The van der Waals surface area contributed by atoms with E-state index in [2.05, 4.69) is 28.5 Å². The van der Waals surface area contributed by atoms with E-state index >= 15 is 0 Å². The Bertz CT molecular complexity index is 782. The number of aryl methyl sites for hydroxylation is 1. The number of halogens is 1. The number of aromatic nitrogens is 2. The van der Waals surface area contributed by atoms with Crippen LogP contribution in [0, 0.1) is 18.3 Å². The van der Waals surface area contributed by atoms with Gasteiger partial charge in [-0.25, -0.2) is 0 Å². The van der Waals surface area contributed by atoms with Crippen LogP contribution in [0.5, 0.6) is 0 Å². The highest BCUT2D eigenvalue weighted by molar-refractivity contribution is 6.31. The molecule has 5 heteroatoms. The summed E-state index contributed by atoms with van der Waals surface area (Å²) in [5.41, 5.74) is 4.57. The fourth-order valence-electron chi connectivity index (χ4n) is 3.01. The van der Waals surface area contributed by atoms with Crippen LogP contribution in [0.3, 0.4) is 0 Å². The third-order valence-electron chi connectivity index (χ3n) is 4.00. The Kier molecular flexibility index (Phi) is 3.91. The molecule has 3 rings (SSSR count). The average molecular weight is 313 g/mol. The minimum absolute atomic E-state index is 0.171. The predicted octanol–water partition coefficient (Wildman–Crippen LogP) is 4.51. The second kappa shape index (κ2) is 5.86. The van der Waals surface area contributed by atoms with Gasteiger partial charge < -0.3 is 5.32 Å². The first-order valence-corrected chi connectivity index (χ1v) is 7.74. The van der Waals surface area contributed by atoms with Crippen molar-refractivity contribution < 1.29 is 0 Å². The first-order chi connectivity index (χ1) is 10.7. The third-order valence-corrected chi connectivity index (χ3v) is 4.35. The maximum atomic E-state index is 9.74. The molecule has 0 spiro atoms. The van der Waals surface area contributed by atoms with Crippen molar-refractivity contribution in [3.63, 3.8) is 0 Å². The zero-order valence-corrected chi connectivity index (χ0v) is 13.3. The van der Waals surface area contributed by atoms with Gasteiger partial charge in [-0.1, -0.05) is 43.1 Å². The van der Waals surface area contributed by atoms with E-state index in [-0.39, 0.29) is 5.92 Å². The molecule has 1 aromatic heterocycles. The molecule has 1 aliphatic heterocycles. The van der Waals surface area contributed by atoms with Gasteiger partial charge in [0.25, 0.3) is 0 Å². The number of fused-ring (bicyclic) bond motifs is 1. The number of nitrogens with zero attached hydrogens (tertiary/aromatic N) is 2. The minimum atomic E-state index is -0.171. The number of aromatic amines is 1. The summed E-state index contributed by atoms with van der Waals surface area (Å²) in [5, 5.41) is 21.1. The van der Waals surface area contributed by atoms with Crippen molar-refractivity contribution in [2.24, 2.45) is 0 Å². The van der Waals surface area contributed by atoms with Gasteiger partial charge in [-0.15, -0.1) is 0 Å². The van der Waals surface area contributed by atoms with Gasteiger partial charge in [-0.3, -0.25) is 5.10 Å². The van der Waals surface area contributed by atoms with E-state index in [1.807, 2.05) is 31.2 Å². The van der Waals surface area contributed by atoms with Gasteiger partial charge in [0.1, 0.15) is 0 Å². The highest BCUT2D eigenvalue weighted by Gasteiger charge is 2.33. The van der Waals surface area contributed by atoms with Gasteiger partial charge in [0.05, 0.1) is 17.6 Å². The molecular formula is C17H17ClN4. The quantitative estimate of drug-likeness (QED) is 0.876. The number of H-pyrrole nitrogens is 1. The number of anilines is 1. The normalized spacial score (nSPS) is 16.9. The molecule has 112 valence electrons. The van der Waals surface area contributed by atoms with E-state index < -0.39 is 0 Å². The van der Waals surface area contributed by atoms with Crippen LogP contribution in [0.2, 0.25) is 5.02 Å². The summed E-state index contributed by atoms with van der Waals surface area (Å²) in [6.45, 7) is 4.07. The highest BCUT2D eigenvalue weighted by Crippen LogP contribution is 2.44. The van der Waals surface area contributed by atoms with Crippen LogP contribution in [-0.4, -0.2) is 10.2 Å². The van der Waals surface area contributed by atoms with E-state index in [9.17, 15) is 5.26 Å². The van der Waals surface area contributed by atoms with Crippen LogP contribution in [0.25, 0.3) is 0 Å². The second-order valence-electron chi connectivity index (χ2n) is 5.44. The van der Waals surface area contributed by atoms with Crippen LogP contribution in [0.15, 0.2) is 35.5 Å². The van der Waals surface area contributed by atoms with Crippen molar-refractivity contribution in [1.82, 2.24) is 10.2 Å². The number of nitrogens with one attached hydrogen (secondary N) is 2. The average Bonchev–Trinajstić information content (AvgIpc) is 2.88. The molecule has 1 atom stereocenters. The topological polar surface area (TPSA) is 64.5 Å². The Morgan fingerprint density at radius 3 is 2.82 bits per heavy atom. The minimum Gasteiger partial charge on any atom is -0.341 e. The Morgan fingerprint density at radius 2 is 2.14 bits per heavy atom. The zero-order chi connectivity index (χ0) is 15.7. The Labute approximate surface area is 134 Å². The van der Waals surface area contributed by atoms with Gasteiger partial charge in [-0.05, 0) is 25.0 Å². The Hall–Kier alpha value is -2.25. The SMILES string of the molecule is CCCC1=C(C#N)C(c2ccccc2Cl)c2c(n[nH]c2C)N1. The molecule has 0 radical (unpaired) electrons. The van der Waals surface area contributed by atoms with Crippen molar-refractivity contribution >= 4 is 17.4 Å². The largest absolute Gasteiger partial charge is 0.341 e. The predicted molar refractivity (Wildman–Crippen MR) is 87.8 cm³/mol. The van der Waals surface area contributed by atoms with E-state index in [0.29, 0.717) is 5.02 Å². The Morgan fingerprint density at radius 1 is 1.36 bits per heavy atom. The lowest BCUT2D eigenvalue weighted by Crippen LogP contribution is -2.18. The maximum absolute atomic E-state index is 9.74. The molecule has 0 aliphatic carbocycles. The van der Waals surface area contributed by atoms with E-state index in [1.54, 1.807) is 0 Å². The second-order valence-corrected chi connectivity index (χ2v) is 5.85. The molecular weight excluding hydrogens is 296 g/mol. The fraction of sp³-hybridized carbons (Fsp3) is 0.294. The van der Waals surface area contributed by atoms with Crippen LogP contribution in [0.4, 0.5) is 5.82 Å². The highest BCUT2D eigenvalue weighted by atomic mass is 35.5. The molecule has 0 saturated carbocycles. The standard InChI is InChI=1S/C17H17ClN4/c1-3-6-14-12(9-19)16(11-7-4-5-8-13(11)18)15-10(2)21-22-17(15)20-14/h4-5,7-8,16H,3,6H2,1-2H3,(H2,20,21,22). The van der Waals surface area contributed by atoms with Crippen molar-refractivity contribution in [3.8, 4) is 6.07 Å². The number of hydrogen-bond donors (Lipinski definition) is 2. The molecule has 22 heavy (non-hydrogen) atoms. The van der Waals surface area contributed by atoms with Gasteiger partial charge in [-0.2, -0.15) is 10.4 Å². The summed E-state index contributed by atoms with van der Waals surface area (Å²) in [6.07, 6.45) is 1.77. The van der Waals surface area contributed by atoms with Crippen LogP contribution in [-0.2, 0) is 0 Å². The monoisotopic (exact) mass is 312 g/mol. The molecule has 0 saturated heterocycles. The summed E-state index contributed by atoms with van der Waals surface area (Å²) in [7, 11) is 0. The van der Waals surface area contributed by atoms with Crippen LogP contribution in [0.1, 0.15) is 42.5 Å². The molecule has 1 unspecified atom stereocenters. The van der Waals surface area contributed by atoms with Gasteiger partial charge in [0, 0.05) is 22.0 Å². The van der Waals surface area contributed by atoms with Crippen molar-refractivity contribution in [3.05, 3.63) is 57.4 Å². The van der Waals surface area contributed by atoms with Gasteiger partial charge >= 0.3 is 0 Å². The molecule has 2 N–H and O–H groups in total. The lowest BCUT2D eigenvalue weighted by atomic mass is 9.81. The zero-order valence-electron chi connectivity index (χ0n) is 12.6. The molecule has 2 aromatic rings.